The highest BCUT2D eigenvalue weighted by atomic mass is 28.6. The Kier molecular flexibility index (Phi) is 38.1. The summed E-state index contributed by atoms with van der Waals surface area (Å²) in [6.45, 7) is 81.9. The molecule has 4 atom stereocenters. The zero-order valence-electron chi connectivity index (χ0n) is 59.1. The second-order valence-electron chi connectivity index (χ2n) is 27.6. The Labute approximate surface area is 530 Å². The summed E-state index contributed by atoms with van der Waals surface area (Å²) in [5.41, 5.74) is 0. The molecule has 0 heterocycles. The summed E-state index contributed by atoms with van der Waals surface area (Å²) in [7, 11) is -52.8. The van der Waals surface area contributed by atoms with E-state index in [0.717, 1.165) is 25.7 Å². The number of hydrogen-bond acceptors (Lipinski definition) is 16. The molecule has 0 radical (unpaired) electrons. The fourth-order valence-electron chi connectivity index (χ4n) is 11.6. The van der Waals surface area contributed by atoms with Crippen molar-refractivity contribution in [2.75, 3.05) is 0 Å². The predicted octanol–water partition coefficient (Wildman–Crippen LogP) is 11.3. The Morgan fingerprint density at radius 1 is 0.210 bits per heavy atom. The maximum absolute atomic E-state index is 8.60. The van der Waals surface area contributed by atoms with Gasteiger partial charge in [-0.25, -0.2) is 0 Å². The van der Waals surface area contributed by atoms with Crippen LogP contribution in [0.2, 0.25) is 230 Å². The van der Waals surface area contributed by atoms with Crippen molar-refractivity contribution in [3.05, 3.63) is 0 Å². The van der Waals surface area contributed by atoms with Gasteiger partial charge in [-0.2, -0.15) is 0 Å². The lowest BCUT2D eigenvalue weighted by Gasteiger charge is -2.54. The highest BCUT2D eigenvalue weighted by molar-refractivity contribution is 7.04. The van der Waals surface area contributed by atoms with Gasteiger partial charge in [-0.1, -0.05) is 27.7 Å². The van der Waals surface area contributed by atoms with E-state index in [2.05, 4.69) is 237 Å². The van der Waals surface area contributed by atoms with E-state index >= 15 is 0 Å². The van der Waals surface area contributed by atoms with Crippen molar-refractivity contribution in [3.8, 4) is 0 Å². The molecular weight excluding hydrogens is 1370 g/mol. The van der Waals surface area contributed by atoms with Crippen LogP contribution in [0.4, 0.5) is 0 Å². The normalized spacial score (nSPS) is 16.9. The summed E-state index contributed by atoms with van der Waals surface area (Å²) in [6.07, 6.45) is 2.95. The van der Waals surface area contributed by atoms with Gasteiger partial charge in [0.15, 0.2) is 142 Å². The Morgan fingerprint density at radius 2 is 0.309 bits per heavy atom. The number of hydrogen-bond donors (Lipinski definition) is 0. The molecule has 81 heavy (non-hydrogen) atoms. The van der Waals surface area contributed by atoms with E-state index in [1.807, 2.05) is 0 Å². The van der Waals surface area contributed by atoms with Crippen LogP contribution in [0.3, 0.4) is 0 Å². The van der Waals surface area contributed by atoms with Gasteiger partial charge in [0.1, 0.15) is 0 Å². The zero-order chi connectivity index (χ0) is 63.9. The van der Waals surface area contributed by atoms with Crippen LogP contribution >= 0.6 is 0 Å². The third-order valence-corrected chi connectivity index (χ3v) is 89.8. The summed E-state index contributed by atoms with van der Waals surface area (Å²) in [6, 6.07) is 0. The molecule has 16 nitrogen and oxygen atoms in total. The first-order chi connectivity index (χ1) is 36.6. The lowest BCUT2D eigenvalue weighted by atomic mass is 10.6. The Bertz CT molecular complexity index is 1410. The van der Waals surface area contributed by atoms with Crippen LogP contribution in [0.15, 0.2) is 0 Å². The van der Waals surface area contributed by atoms with Crippen LogP contribution in [0.5, 0.6) is 0 Å². The fraction of sp³-hybridized carbons (Fsp3) is 1.00. The summed E-state index contributed by atoms with van der Waals surface area (Å²) >= 11 is 0. The molecule has 0 saturated carbocycles. The van der Waals surface area contributed by atoms with E-state index in [0.29, 0.717) is 0 Å². The van der Waals surface area contributed by atoms with Crippen LogP contribution < -0.4 is 0 Å². The molecule has 0 bridgehead atoms. The van der Waals surface area contributed by atoms with E-state index in [4.69, 9.17) is 65.8 Å². The van der Waals surface area contributed by atoms with E-state index in [-0.39, 0.29) is 20.7 Å². The smallest absolute Gasteiger partial charge is 0.420 e. The van der Waals surface area contributed by atoms with Crippen LogP contribution in [0, 0.1) is 0 Å². The van der Waals surface area contributed by atoms with Crippen LogP contribution in [-0.2, 0) is 65.8 Å². The maximum atomic E-state index is 8.60. The molecule has 0 aromatic rings. The molecule has 0 aliphatic carbocycles. The minimum absolute atomic E-state index is 0.171. The van der Waals surface area contributed by atoms with Crippen molar-refractivity contribution in [2.45, 2.75) is 284 Å². The monoisotopic (exact) mass is 1500 g/mol. The lowest BCUT2D eigenvalue weighted by molar-refractivity contribution is 0.137. The Morgan fingerprint density at radius 3 is 0.383 bits per heavy atom. The molecule has 0 aliphatic rings. The topological polar surface area (TPSA) is 148 Å². The van der Waals surface area contributed by atoms with Crippen molar-refractivity contribution in [1.82, 2.24) is 0 Å². The van der Waals surface area contributed by atoms with E-state index in [1.54, 1.807) is 0 Å². The first-order valence-electron chi connectivity index (χ1n) is 31.5. The minimum Gasteiger partial charge on any atom is -0.420 e. The molecule has 0 amide bonds. The van der Waals surface area contributed by atoms with Gasteiger partial charge in [0.2, 0.25) is 0 Å². The average molecular weight is 1510 g/mol. The van der Waals surface area contributed by atoms with Gasteiger partial charge >= 0.3 is 44.3 Å². The van der Waals surface area contributed by atoms with Crippen molar-refractivity contribution in [2.24, 2.45) is 0 Å². The molecule has 0 N–H and O–H groups in total. The first-order valence-corrected chi connectivity index (χ1v) is 85.7. The standard InChI is InChI=1S/C44H132O16Si21/c1-37-41(77(45-61(5)6,46-62(7)8)47-63(9)10)73(29,30)57-81(58-74(31,32)42(38-2)78(48-64(11)12,49-65(13)14)50-66(15)16,59-75(33,34)43(39-3)79(51-67(17)18,52-68(19)20)53-69(21)22)60-76(35,36)44(40-4)80(54-70(23)24,55-71(25)26)56-72(27)28/h41-44,61-72H,37-40H2,1-36H3. The molecular formula is C44H132O16Si21. The Hall–Kier alpha value is 3.91. The molecule has 0 saturated heterocycles. The quantitative estimate of drug-likeness (QED) is 0.0532. The van der Waals surface area contributed by atoms with Gasteiger partial charge in [0.05, 0.1) is 0 Å². The SMILES string of the molecule is CCC([Si](C)(C)O[Si](O[Si](C)(C)C(CC)[Si](O[SiH](C)C)(O[SiH](C)C)O[SiH](C)C)(O[Si](C)(C)C(CC)[Si](O[SiH](C)C)(O[SiH](C)C)O[SiH](C)C)O[Si](C)(C)C(CC)[Si](O[SiH](C)C)(O[SiH](C)C)O[SiH](C)C)[Si](O[SiH](C)C)(O[SiH](C)C)O[SiH](C)C. The van der Waals surface area contributed by atoms with Gasteiger partial charge in [-0.05, 0) is 235 Å². The molecule has 37 heteroatoms. The summed E-state index contributed by atoms with van der Waals surface area (Å²) in [5.74, 6) is 0. The van der Waals surface area contributed by atoms with Crippen LogP contribution in [0.25, 0.3) is 0 Å². The van der Waals surface area contributed by atoms with Crippen molar-refractivity contribution in [3.63, 3.8) is 0 Å². The van der Waals surface area contributed by atoms with Crippen molar-refractivity contribution >= 4 is 186 Å². The van der Waals surface area contributed by atoms with Gasteiger partial charge in [0, 0.05) is 20.7 Å². The van der Waals surface area contributed by atoms with E-state index in [1.165, 1.54) is 0 Å². The fourth-order valence-corrected chi connectivity index (χ4v) is 105. The third kappa shape index (κ3) is 27.2. The molecule has 0 aromatic carbocycles. The largest absolute Gasteiger partial charge is 0.637 e. The molecule has 0 aromatic heterocycles. The van der Waals surface area contributed by atoms with Crippen LogP contribution in [0.1, 0.15) is 53.4 Å². The van der Waals surface area contributed by atoms with Crippen molar-refractivity contribution < 1.29 is 65.8 Å². The molecule has 0 fully saturated rings. The molecule has 4 unspecified atom stereocenters. The predicted molar refractivity (Wildman–Crippen MR) is 399 cm³/mol. The maximum Gasteiger partial charge on any atom is 0.637 e. The number of rotatable bonds is 44. The van der Waals surface area contributed by atoms with E-state index < -0.39 is 186 Å². The second-order valence-corrected chi connectivity index (χ2v) is 93.9. The van der Waals surface area contributed by atoms with Gasteiger partial charge < -0.3 is 65.8 Å². The van der Waals surface area contributed by atoms with Crippen LogP contribution in [-0.4, -0.2) is 186 Å². The molecule has 0 aliphatic heterocycles. The first kappa shape index (κ1) is 84.9. The van der Waals surface area contributed by atoms with Gasteiger partial charge in [-0.15, -0.1) is 0 Å². The van der Waals surface area contributed by atoms with Gasteiger partial charge in [0.25, 0.3) is 0 Å². The highest BCUT2D eigenvalue weighted by Crippen LogP contribution is 2.50. The van der Waals surface area contributed by atoms with Gasteiger partial charge in [-0.3, -0.25) is 0 Å². The average Bonchev–Trinajstić information content (AvgIpc) is 3.16. The van der Waals surface area contributed by atoms with E-state index in [9.17, 15) is 0 Å². The molecule has 0 spiro atoms. The molecule has 0 rings (SSSR count). The highest BCUT2D eigenvalue weighted by Gasteiger charge is 2.71. The lowest BCUT2D eigenvalue weighted by Crippen LogP contribution is -2.74. The molecule has 488 valence electrons. The minimum atomic E-state index is -4.64. The third-order valence-electron chi connectivity index (χ3n) is 13.0. The summed E-state index contributed by atoms with van der Waals surface area (Å²) in [4.78, 5) is 0. The second kappa shape index (κ2) is 36.4. The summed E-state index contributed by atoms with van der Waals surface area (Å²) in [5, 5.41) is -0.683. The zero-order valence-corrected chi connectivity index (χ0v) is 82.0. The summed E-state index contributed by atoms with van der Waals surface area (Å²) < 4.78 is 124. The Balaban J connectivity index is 10.3. The van der Waals surface area contributed by atoms with Crippen molar-refractivity contribution in [1.29, 1.82) is 0 Å².